The van der Waals surface area contributed by atoms with Gasteiger partial charge in [-0.15, -0.1) is 0 Å². The van der Waals surface area contributed by atoms with Gasteiger partial charge in [0.05, 0.1) is 18.1 Å². The van der Waals surface area contributed by atoms with Gasteiger partial charge in [-0.25, -0.2) is 4.79 Å². The first kappa shape index (κ1) is 18.5. The lowest BCUT2D eigenvalue weighted by atomic mass is 10.1. The fraction of sp³-hybridized carbons (Fsp3) is 0.385. The minimum Gasteiger partial charge on any atom is -0.434 e. The Balaban J connectivity index is 2.93. The summed E-state index contributed by atoms with van der Waals surface area (Å²) in [7, 11) is 0. The molecular formula is C13H12F5N3O2. The van der Waals surface area contributed by atoms with Crippen LogP contribution in [0.4, 0.5) is 32.4 Å². The van der Waals surface area contributed by atoms with E-state index in [1.165, 1.54) is 6.92 Å². The molecule has 2 N–H and O–H groups in total. The third-order valence-corrected chi connectivity index (χ3v) is 2.53. The Hall–Kier alpha value is -2.57. The lowest BCUT2D eigenvalue weighted by Gasteiger charge is -2.16. The van der Waals surface area contributed by atoms with Crippen LogP contribution in [0, 0.1) is 11.3 Å². The molecule has 0 aromatic heterocycles. The number of carbonyl (C=O) groups is 1. The summed E-state index contributed by atoms with van der Waals surface area (Å²) in [5, 5.41) is 12.9. The zero-order valence-electron chi connectivity index (χ0n) is 11.7. The summed E-state index contributed by atoms with van der Waals surface area (Å²) in [6.45, 7) is -1.88. The topological polar surface area (TPSA) is 74.2 Å². The van der Waals surface area contributed by atoms with Crippen molar-refractivity contribution < 1.29 is 31.5 Å². The number of alkyl halides is 5. The lowest BCUT2D eigenvalue weighted by molar-refractivity contribution is -0.141. The van der Waals surface area contributed by atoms with Crippen molar-refractivity contribution >= 4 is 11.7 Å². The third kappa shape index (κ3) is 5.98. The fourth-order valence-electron chi connectivity index (χ4n) is 1.61. The molecule has 1 rings (SSSR count). The summed E-state index contributed by atoms with van der Waals surface area (Å²) in [5.74, 6) is -1.05. The average Bonchev–Trinajstić information content (AvgIpc) is 2.38. The number of nitrogens with one attached hydrogen (secondary N) is 2. The van der Waals surface area contributed by atoms with Gasteiger partial charge < -0.3 is 15.4 Å². The fourth-order valence-corrected chi connectivity index (χ4v) is 1.61. The second-order valence-electron chi connectivity index (χ2n) is 4.45. The number of hydrogen-bond donors (Lipinski definition) is 2. The zero-order valence-corrected chi connectivity index (χ0v) is 11.7. The predicted octanol–water partition coefficient (Wildman–Crippen LogP) is 3.73. The number of rotatable bonds is 5. The molecular weight excluding hydrogens is 325 g/mol. The van der Waals surface area contributed by atoms with Gasteiger partial charge >= 0.3 is 18.8 Å². The molecule has 0 heterocycles. The Morgan fingerprint density at radius 2 is 2.04 bits per heavy atom. The van der Waals surface area contributed by atoms with Gasteiger partial charge in [-0.2, -0.15) is 27.2 Å². The first-order chi connectivity index (χ1) is 10.6. The highest BCUT2D eigenvalue weighted by atomic mass is 19.4. The van der Waals surface area contributed by atoms with Crippen molar-refractivity contribution in [3.63, 3.8) is 0 Å². The van der Waals surface area contributed by atoms with Crippen LogP contribution in [0.1, 0.15) is 18.9 Å². The van der Waals surface area contributed by atoms with Crippen molar-refractivity contribution in [2.75, 3.05) is 5.32 Å². The summed E-state index contributed by atoms with van der Waals surface area (Å²) >= 11 is 0. The van der Waals surface area contributed by atoms with Gasteiger partial charge in [0.1, 0.15) is 5.75 Å². The lowest BCUT2D eigenvalue weighted by Crippen LogP contribution is -2.35. The summed E-state index contributed by atoms with van der Waals surface area (Å²) in [4.78, 5) is 11.6. The van der Waals surface area contributed by atoms with E-state index in [-0.39, 0.29) is 12.1 Å². The van der Waals surface area contributed by atoms with Crippen molar-refractivity contribution in [1.29, 1.82) is 5.26 Å². The van der Waals surface area contributed by atoms with Crippen LogP contribution in [0.2, 0.25) is 0 Å². The van der Waals surface area contributed by atoms with Gasteiger partial charge in [0.15, 0.2) is 0 Å². The largest absolute Gasteiger partial charge is 0.434 e. The molecule has 23 heavy (non-hydrogen) atoms. The number of nitriles is 1. The smallest absolute Gasteiger partial charge is 0.420 e. The number of carbonyl (C=O) groups excluding carboxylic acids is 1. The Morgan fingerprint density at radius 3 is 2.57 bits per heavy atom. The highest BCUT2D eigenvalue weighted by molar-refractivity contribution is 5.89. The van der Waals surface area contributed by atoms with E-state index in [1.54, 1.807) is 0 Å². The SMILES string of the molecule is CC(CC#N)NC(=O)Nc1ccc(OC(F)F)c(C(F)(F)F)c1. The van der Waals surface area contributed by atoms with Gasteiger partial charge in [-0.3, -0.25) is 0 Å². The Bertz CT molecular complexity index is 598. The molecule has 1 unspecified atom stereocenters. The standard InChI is InChI=1S/C13H12F5N3O2/c1-7(4-5-19)20-12(22)21-8-2-3-10(23-11(14)15)9(6-8)13(16,17)18/h2-3,6-7,11H,4H2,1H3,(H2,20,21,22). The minimum absolute atomic E-state index is 0.0163. The van der Waals surface area contributed by atoms with E-state index in [0.717, 1.165) is 6.07 Å². The molecule has 0 fully saturated rings. The van der Waals surface area contributed by atoms with Crippen molar-refractivity contribution in [2.24, 2.45) is 0 Å². The summed E-state index contributed by atoms with van der Waals surface area (Å²) in [6.07, 6.45) is -4.92. The number of urea groups is 1. The number of benzene rings is 1. The number of ether oxygens (including phenoxy) is 1. The monoisotopic (exact) mass is 337 g/mol. The van der Waals surface area contributed by atoms with E-state index in [4.69, 9.17) is 5.26 Å². The number of hydrogen-bond acceptors (Lipinski definition) is 3. The first-order valence-corrected chi connectivity index (χ1v) is 6.24. The number of halogens is 5. The van der Waals surface area contributed by atoms with Crippen molar-refractivity contribution in [3.8, 4) is 11.8 Å². The normalized spacial score (nSPS) is 12.4. The Kier molecular flexibility index (Phi) is 6.12. The van der Waals surface area contributed by atoms with Gasteiger partial charge in [0.25, 0.3) is 0 Å². The number of nitrogens with zero attached hydrogens (tertiary/aromatic N) is 1. The molecule has 1 atom stereocenters. The van der Waals surface area contributed by atoms with Crippen molar-refractivity contribution in [1.82, 2.24) is 5.32 Å². The van der Waals surface area contributed by atoms with E-state index in [9.17, 15) is 26.7 Å². The summed E-state index contributed by atoms with van der Waals surface area (Å²) in [5.41, 5.74) is -1.71. The molecule has 0 spiro atoms. The van der Waals surface area contributed by atoms with Crippen LogP contribution in [0.3, 0.4) is 0 Å². The quantitative estimate of drug-likeness (QED) is 0.804. The van der Waals surface area contributed by atoms with Gasteiger partial charge in [-0.05, 0) is 25.1 Å². The maximum atomic E-state index is 12.8. The zero-order chi connectivity index (χ0) is 17.6. The molecule has 0 aliphatic heterocycles. The van der Waals surface area contributed by atoms with Crippen LogP contribution < -0.4 is 15.4 Å². The van der Waals surface area contributed by atoms with Gasteiger partial charge in [0.2, 0.25) is 0 Å². The van der Waals surface area contributed by atoms with E-state index in [1.807, 2.05) is 6.07 Å². The molecule has 2 amide bonds. The van der Waals surface area contributed by atoms with Crippen molar-refractivity contribution in [2.45, 2.75) is 32.2 Å². The second kappa shape index (κ2) is 7.62. The first-order valence-electron chi connectivity index (χ1n) is 6.24. The molecule has 10 heteroatoms. The Morgan fingerprint density at radius 1 is 1.39 bits per heavy atom. The molecule has 1 aromatic rings. The molecule has 0 aliphatic rings. The third-order valence-electron chi connectivity index (χ3n) is 2.53. The van der Waals surface area contributed by atoms with Crippen LogP contribution in [-0.4, -0.2) is 18.7 Å². The molecule has 0 radical (unpaired) electrons. The van der Waals surface area contributed by atoms with Crippen molar-refractivity contribution in [3.05, 3.63) is 23.8 Å². The van der Waals surface area contributed by atoms with E-state index in [2.05, 4.69) is 15.4 Å². The average molecular weight is 337 g/mol. The number of anilines is 1. The summed E-state index contributed by atoms with van der Waals surface area (Å²) in [6, 6.07) is 2.62. The second-order valence-corrected chi connectivity index (χ2v) is 4.45. The van der Waals surface area contributed by atoms with Crippen LogP contribution >= 0.6 is 0 Å². The van der Waals surface area contributed by atoms with Crippen LogP contribution in [0.15, 0.2) is 18.2 Å². The molecule has 0 saturated carbocycles. The minimum atomic E-state index is -4.94. The maximum Gasteiger partial charge on any atom is 0.420 e. The molecule has 0 aliphatic carbocycles. The van der Waals surface area contributed by atoms with E-state index >= 15 is 0 Å². The number of amides is 2. The molecule has 0 bridgehead atoms. The Labute approximate surface area is 128 Å². The van der Waals surface area contributed by atoms with E-state index in [0.29, 0.717) is 12.1 Å². The van der Waals surface area contributed by atoms with Gasteiger partial charge in [-0.1, -0.05) is 0 Å². The summed E-state index contributed by atoms with van der Waals surface area (Å²) < 4.78 is 66.6. The predicted molar refractivity (Wildman–Crippen MR) is 69.9 cm³/mol. The molecule has 0 saturated heterocycles. The van der Waals surface area contributed by atoms with Crippen LogP contribution in [0.5, 0.6) is 5.75 Å². The molecule has 5 nitrogen and oxygen atoms in total. The van der Waals surface area contributed by atoms with Crippen LogP contribution in [-0.2, 0) is 6.18 Å². The van der Waals surface area contributed by atoms with E-state index < -0.39 is 36.2 Å². The van der Waals surface area contributed by atoms with Gasteiger partial charge in [0, 0.05) is 11.7 Å². The maximum absolute atomic E-state index is 12.8. The van der Waals surface area contributed by atoms with Crippen LogP contribution in [0.25, 0.3) is 0 Å². The molecule has 126 valence electrons. The highest BCUT2D eigenvalue weighted by Crippen LogP contribution is 2.38. The molecule has 1 aromatic carbocycles. The highest BCUT2D eigenvalue weighted by Gasteiger charge is 2.35.